The molecular formula is C23H27BrN4O5. The zero-order valence-electron chi connectivity index (χ0n) is 18.5. The van der Waals surface area contributed by atoms with Crippen molar-refractivity contribution in [1.82, 2.24) is 14.7 Å². The summed E-state index contributed by atoms with van der Waals surface area (Å²) < 4.78 is 0.897. The lowest BCUT2D eigenvalue weighted by atomic mass is 9.84. The molecule has 1 atom stereocenters. The van der Waals surface area contributed by atoms with Crippen LogP contribution in [0.15, 0.2) is 28.7 Å². The number of amides is 5. The van der Waals surface area contributed by atoms with Crippen LogP contribution in [0.25, 0.3) is 0 Å². The molecule has 10 heteroatoms. The van der Waals surface area contributed by atoms with E-state index < -0.39 is 29.0 Å². The van der Waals surface area contributed by atoms with Gasteiger partial charge in [0.1, 0.15) is 5.41 Å². The third-order valence-corrected chi connectivity index (χ3v) is 7.32. The fraction of sp³-hybridized carbons (Fsp3) is 0.522. The van der Waals surface area contributed by atoms with E-state index in [1.165, 1.54) is 0 Å². The molecule has 1 aromatic rings. The normalized spacial score (nSPS) is 24.4. The Morgan fingerprint density at radius 3 is 2.27 bits per heavy atom. The number of hydrogen-bond acceptors (Lipinski definition) is 6. The number of imide groups is 2. The summed E-state index contributed by atoms with van der Waals surface area (Å²) in [5.74, 6) is -2.00. The number of nitrogens with zero attached hydrogens (tertiary/aromatic N) is 3. The number of hydrogen-bond donors (Lipinski definition) is 1. The van der Waals surface area contributed by atoms with Crippen LogP contribution >= 0.6 is 15.9 Å². The van der Waals surface area contributed by atoms with Crippen molar-refractivity contribution in [3.05, 3.63) is 28.7 Å². The maximum atomic E-state index is 13.0. The number of likely N-dealkylation sites (tertiary alicyclic amines) is 3. The molecule has 0 bridgehead atoms. The van der Waals surface area contributed by atoms with Crippen LogP contribution in [0.4, 0.5) is 5.69 Å². The Hall–Kier alpha value is -2.59. The van der Waals surface area contributed by atoms with Crippen LogP contribution in [-0.2, 0) is 24.0 Å². The maximum Gasteiger partial charge on any atom is 0.246 e. The Morgan fingerprint density at radius 2 is 1.67 bits per heavy atom. The SMILES string of the molecule is CCN1C(=O)CC2(CC(=O)N(CCN3CCC(C(=O)Nc4cccc(Br)c4)CC3)C2=O)C1=O. The molecule has 1 N–H and O–H groups in total. The van der Waals surface area contributed by atoms with Crippen molar-refractivity contribution in [2.75, 3.05) is 38.0 Å². The molecule has 0 radical (unpaired) electrons. The Morgan fingerprint density at radius 1 is 1.03 bits per heavy atom. The highest BCUT2D eigenvalue weighted by Gasteiger charge is 2.63. The van der Waals surface area contributed by atoms with Gasteiger partial charge in [0.05, 0.1) is 12.8 Å². The summed E-state index contributed by atoms with van der Waals surface area (Å²) in [7, 11) is 0. The molecule has 3 aliphatic heterocycles. The number of nitrogens with one attached hydrogen (secondary N) is 1. The molecular weight excluding hydrogens is 492 g/mol. The third kappa shape index (κ3) is 4.46. The first-order valence-corrected chi connectivity index (χ1v) is 12.0. The van der Waals surface area contributed by atoms with E-state index in [1.54, 1.807) is 6.92 Å². The molecule has 0 saturated carbocycles. The predicted octanol–water partition coefficient (Wildman–Crippen LogP) is 1.62. The van der Waals surface area contributed by atoms with E-state index in [9.17, 15) is 24.0 Å². The van der Waals surface area contributed by atoms with Crippen LogP contribution in [0.5, 0.6) is 0 Å². The van der Waals surface area contributed by atoms with E-state index in [4.69, 9.17) is 0 Å². The van der Waals surface area contributed by atoms with Gasteiger partial charge >= 0.3 is 0 Å². The highest BCUT2D eigenvalue weighted by molar-refractivity contribution is 9.10. The molecule has 1 aromatic carbocycles. The van der Waals surface area contributed by atoms with Crippen molar-refractivity contribution in [2.24, 2.45) is 11.3 Å². The molecule has 33 heavy (non-hydrogen) atoms. The van der Waals surface area contributed by atoms with Crippen LogP contribution in [0.1, 0.15) is 32.6 Å². The predicted molar refractivity (Wildman–Crippen MR) is 123 cm³/mol. The van der Waals surface area contributed by atoms with Gasteiger partial charge in [-0.15, -0.1) is 0 Å². The Balaban J connectivity index is 1.28. The molecule has 0 aliphatic carbocycles. The lowest BCUT2D eigenvalue weighted by molar-refractivity contribution is -0.147. The number of anilines is 1. The fourth-order valence-corrected chi connectivity index (χ4v) is 5.32. The van der Waals surface area contributed by atoms with Crippen molar-refractivity contribution in [2.45, 2.75) is 32.6 Å². The van der Waals surface area contributed by atoms with E-state index in [0.717, 1.165) is 20.0 Å². The van der Waals surface area contributed by atoms with Gasteiger partial charge in [0.2, 0.25) is 29.5 Å². The van der Waals surface area contributed by atoms with Gasteiger partial charge < -0.3 is 10.2 Å². The minimum Gasteiger partial charge on any atom is -0.326 e. The largest absolute Gasteiger partial charge is 0.326 e. The van der Waals surface area contributed by atoms with Crippen LogP contribution in [0.3, 0.4) is 0 Å². The summed E-state index contributed by atoms with van der Waals surface area (Å²) in [6, 6.07) is 7.46. The average molecular weight is 519 g/mol. The number of benzene rings is 1. The minimum absolute atomic E-state index is 0.00974. The van der Waals surface area contributed by atoms with E-state index in [2.05, 4.69) is 26.1 Å². The third-order valence-electron chi connectivity index (χ3n) is 6.82. The van der Waals surface area contributed by atoms with E-state index in [0.29, 0.717) is 32.5 Å². The standard InChI is InChI=1S/C23H27BrN4O5/c1-2-27-18(29)13-23(21(27)32)14-19(30)28(22(23)33)11-10-26-8-6-15(7-9-26)20(31)25-17-5-3-4-16(24)12-17/h3-5,12,15H,2,6-11,13-14H2,1H3,(H,25,31). The zero-order valence-corrected chi connectivity index (χ0v) is 20.1. The molecule has 3 aliphatic rings. The van der Waals surface area contributed by atoms with Gasteiger partial charge in [0.25, 0.3) is 0 Å². The molecule has 176 valence electrons. The summed E-state index contributed by atoms with van der Waals surface area (Å²) in [4.78, 5) is 67.3. The molecule has 1 spiro atoms. The van der Waals surface area contributed by atoms with Gasteiger partial charge in [-0.05, 0) is 51.1 Å². The second-order valence-electron chi connectivity index (χ2n) is 8.84. The summed E-state index contributed by atoms with van der Waals surface area (Å²) >= 11 is 3.39. The second-order valence-corrected chi connectivity index (χ2v) is 9.76. The monoisotopic (exact) mass is 518 g/mol. The summed E-state index contributed by atoms with van der Waals surface area (Å²) in [5.41, 5.74) is -0.791. The molecule has 1 unspecified atom stereocenters. The number of rotatable bonds is 6. The molecule has 0 aromatic heterocycles. The summed E-state index contributed by atoms with van der Waals surface area (Å²) in [6.07, 6.45) is 0.915. The number of carbonyl (C=O) groups excluding carboxylic acids is 5. The van der Waals surface area contributed by atoms with Crippen molar-refractivity contribution in [1.29, 1.82) is 0 Å². The van der Waals surface area contributed by atoms with Gasteiger partial charge in [-0.2, -0.15) is 0 Å². The Kier molecular flexibility index (Phi) is 6.67. The van der Waals surface area contributed by atoms with Crippen LogP contribution < -0.4 is 5.32 Å². The smallest absolute Gasteiger partial charge is 0.246 e. The maximum absolute atomic E-state index is 13.0. The first-order chi connectivity index (χ1) is 15.7. The highest BCUT2D eigenvalue weighted by atomic mass is 79.9. The van der Waals surface area contributed by atoms with Gasteiger partial charge in [-0.1, -0.05) is 22.0 Å². The van der Waals surface area contributed by atoms with Crippen LogP contribution in [0, 0.1) is 11.3 Å². The minimum atomic E-state index is -1.54. The average Bonchev–Trinajstić information content (AvgIpc) is 3.17. The van der Waals surface area contributed by atoms with Crippen molar-refractivity contribution >= 4 is 51.2 Å². The Labute approximate surface area is 200 Å². The van der Waals surface area contributed by atoms with Gasteiger partial charge in [0.15, 0.2) is 0 Å². The molecule has 3 fully saturated rings. The van der Waals surface area contributed by atoms with Gasteiger partial charge in [-0.3, -0.25) is 33.8 Å². The molecule has 3 heterocycles. The van der Waals surface area contributed by atoms with Gasteiger partial charge in [-0.25, -0.2) is 0 Å². The van der Waals surface area contributed by atoms with Crippen LogP contribution in [0.2, 0.25) is 0 Å². The number of carbonyl (C=O) groups is 5. The zero-order chi connectivity index (χ0) is 23.8. The van der Waals surface area contributed by atoms with Crippen molar-refractivity contribution < 1.29 is 24.0 Å². The molecule has 4 rings (SSSR count). The topological polar surface area (TPSA) is 107 Å². The molecule has 3 saturated heterocycles. The summed E-state index contributed by atoms with van der Waals surface area (Å²) in [6.45, 7) is 3.90. The van der Waals surface area contributed by atoms with Crippen molar-refractivity contribution in [3.8, 4) is 0 Å². The number of piperidine rings is 1. The summed E-state index contributed by atoms with van der Waals surface area (Å²) in [5, 5.41) is 2.95. The van der Waals surface area contributed by atoms with Gasteiger partial charge in [0, 0.05) is 35.7 Å². The lowest BCUT2D eigenvalue weighted by Crippen LogP contribution is -2.45. The lowest BCUT2D eigenvalue weighted by Gasteiger charge is -2.32. The first kappa shape index (κ1) is 23.6. The quantitative estimate of drug-likeness (QED) is 0.453. The second kappa shape index (κ2) is 9.34. The first-order valence-electron chi connectivity index (χ1n) is 11.2. The number of halogens is 1. The highest BCUT2D eigenvalue weighted by Crippen LogP contribution is 2.43. The van der Waals surface area contributed by atoms with E-state index in [-0.39, 0.29) is 37.8 Å². The molecule has 9 nitrogen and oxygen atoms in total. The van der Waals surface area contributed by atoms with Crippen molar-refractivity contribution in [3.63, 3.8) is 0 Å². The molecule has 5 amide bonds. The Bertz CT molecular complexity index is 1010. The van der Waals surface area contributed by atoms with Crippen LogP contribution in [-0.4, -0.2) is 77.0 Å². The fourth-order valence-electron chi connectivity index (χ4n) is 4.92. The van der Waals surface area contributed by atoms with E-state index in [1.807, 2.05) is 24.3 Å². The van der Waals surface area contributed by atoms with E-state index >= 15 is 0 Å².